The Labute approximate surface area is 220 Å². The van der Waals surface area contributed by atoms with Crippen molar-refractivity contribution in [2.75, 3.05) is 11.9 Å². The van der Waals surface area contributed by atoms with Crippen LogP contribution < -0.4 is 10.6 Å². The highest BCUT2D eigenvalue weighted by Gasteiger charge is 2.25. The van der Waals surface area contributed by atoms with E-state index in [1.165, 1.54) is 5.56 Å². The number of nitrogens with zero attached hydrogens (tertiary/aromatic N) is 1. The minimum atomic E-state index is -0.939. The molecule has 0 aliphatic carbocycles. The van der Waals surface area contributed by atoms with Gasteiger partial charge < -0.3 is 20.1 Å². The summed E-state index contributed by atoms with van der Waals surface area (Å²) in [6, 6.07) is 22.4. The van der Waals surface area contributed by atoms with Crippen molar-refractivity contribution in [2.24, 2.45) is 0 Å². The van der Waals surface area contributed by atoms with Crippen LogP contribution in [-0.2, 0) is 20.9 Å². The van der Waals surface area contributed by atoms with Crippen molar-refractivity contribution in [1.29, 1.82) is 0 Å². The first-order chi connectivity index (χ1) is 17.7. The van der Waals surface area contributed by atoms with E-state index in [-0.39, 0.29) is 6.61 Å². The Hall–Kier alpha value is -3.75. The van der Waals surface area contributed by atoms with Crippen molar-refractivity contribution in [1.82, 2.24) is 10.3 Å². The van der Waals surface area contributed by atoms with Gasteiger partial charge in [-0.1, -0.05) is 36.4 Å². The monoisotopic (exact) mass is 517 g/mol. The molecular weight excluding hydrogens is 486 g/mol. The van der Waals surface area contributed by atoms with E-state index in [0.29, 0.717) is 12.3 Å². The van der Waals surface area contributed by atoms with Gasteiger partial charge in [0.1, 0.15) is 16.7 Å². The number of anilines is 1. The molecule has 1 unspecified atom stereocenters. The molecule has 1 heterocycles. The Bertz CT molecular complexity index is 1360. The van der Waals surface area contributed by atoms with E-state index in [1.54, 1.807) is 32.1 Å². The Morgan fingerprint density at radius 1 is 1.00 bits per heavy atom. The fourth-order valence-electron chi connectivity index (χ4n) is 3.58. The molecule has 0 saturated heterocycles. The van der Waals surface area contributed by atoms with E-state index >= 15 is 0 Å². The van der Waals surface area contributed by atoms with Crippen LogP contribution in [0.4, 0.5) is 10.5 Å². The van der Waals surface area contributed by atoms with Crippen LogP contribution in [0.2, 0.25) is 0 Å². The summed E-state index contributed by atoms with van der Waals surface area (Å²) in [5.74, 6) is -0.401. The third-order valence-electron chi connectivity index (χ3n) is 5.35. The zero-order chi connectivity index (χ0) is 26.4. The van der Waals surface area contributed by atoms with Crippen LogP contribution in [0.15, 0.2) is 72.8 Å². The van der Waals surface area contributed by atoms with Crippen molar-refractivity contribution < 1.29 is 19.1 Å². The third kappa shape index (κ3) is 7.62. The molecule has 0 aliphatic heterocycles. The van der Waals surface area contributed by atoms with Crippen LogP contribution in [0, 0.1) is 6.92 Å². The number of carbonyl (C=O) groups excluding carboxylic acids is 2. The minimum Gasteiger partial charge on any atom is -0.444 e. The molecule has 0 saturated carbocycles. The van der Waals surface area contributed by atoms with Gasteiger partial charge in [-0.15, -0.1) is 11.3 Å². The lowest BCUT2D eigenvalue weighted by molar-refractivity contribution is -0.119. The van der Waals surface area contributed by atoms with Crippen LogP contribution in [0.5, 0.6) is 0 Å². The fourth-order valence-corrected chi connectivity index (χ4v) is 4.65. The standard InChI is InChI=1S/C29H31N3O4S/c1-19-10-15-23-25(16-19)37-27(31-23)21-11-13-22(14-12-21)30-26(33)24(32-28(34)36-29(2,3)4)18-35-17-20-8-6-5-7-9-20/h5-16,24H,17-18H2,1-4H3,(H,30,33)(H,32,34). The second-order valence-electron chi connectivity index (χ2n) is 9.76. The van der Waals surface area contributed by atoms with Crippen molar-refractivity contribution >= 4 is 39.2 Å². The highest BCUT2D eigenvalue weighted by atomic mass is 32.1. The van der Waals surface area contributed by atoms with Gasteiger partial charge in [0.2, 0.25) is 5.91 Å². The summed E-state index contributed by atoms with van der Waals surface area (Å²) in [6.45, 7) is 7.67. The summed E-state index contributed by atoms with van der Waals surface area (Å²) >= 11 is 1.63. The minimum absolute atomic E-state index is 0.0107. The Kier molecular flexibility index (Phi) is 8.21. The lowest BCUT2D eigenvalue weighted by Crippen LogP contribution is -2.48. The van der Waals surface area contributed by atoms with E-state index in [4.69, 9.17) is 14.5 Å². The molecular formula is C29H31N3O4S. The largest absolute Gasteiger partial charge is 0.444 e. The molecule has 1 aromatic heterocycles. The number of hydrogen-bond acceptors (Lipinski definition) is 6. The normalized spacial score (nSPS) is 12.2. The zero-order valence-corrected chi connectivity index (χ0v) is 22.2. The second kappa shape index (κ2) is 11.5. The van der Waals surface area contributed by atoms with Crippen molar-refractivity contribution in [3.63, 3.8) is 0 Å². The molecule has 0 bridgehead atoms. The van der Waals surface area contributed by atoms with Crippen LogP contribution in [0.25, 0.3) is 20.8 Å². The summed E-state index contributed by atoms with van der Waals surface area (Å²) < 4.78 is 12.2. The van der Waals surface area contributed by atoms with Crippen LogP contribution in [0.3, 0.4) is 0 Å². The number of ether oxygens (including phenoxy) is 2. The van der Waals surface area contributed by atoms with Gasteiger partial charge in [-0.25, -0.2) is 9.78 Å². The molecule has 4 aromatic rings. The average Bonchev–Trinajstić information content (AvgIpc) is 3.26. The molecule has 7 nitrogen and oxygen atoms in total. The van der Waals surface area contributed by atoms with Gasteiger partial charge in [0, 0.05) is 11.3 Å². The SMILES string of the molecule is Cc1ccc2nc(-c3ccc(NC(=O)C(COCc4ccccc4)NC(=O)OC(C)(C)C)cc3)sc2c1. The fraction of sp³-hybridized carbons (Fsp3) is 0.276. The summed E-state index contributed by atoms with van der Waals surface area (Å²) in [5, 5.41) is 6.41. The van der Waals surface area contributed by atoms with E-state index < -0.39 is 23.6 Å². The predicted octanol–water partition coefficient (Wildman–Crippen LogP) is 6.32. The molecule has 0 fully saturated rings. The first-order valence-corrected chi connectivity index (χ1v) is 12.9. The number of benzene rings is 3. The van der Waals surface area contributed by atoms with Gasteiger partial charge in [-0.2, -0.15) is 0 Å². The topological polar surface area (TPSA) is 89.5 Å². The zero-order valence-electron chi connectivity index (χ0n) is 21.4. The van der Waals surface area contributed by atoms with E-state index in [2.05, 4.69) is 29.7 Å². The molecule has 4 rings (SSSR count). The maximum atomic E-state index is 13.1. The maximum absolute atomic E-state index is 13.1. The first-order valence-electron chi connectivity index (χ1n) is 12.1. The molecule has 3 aromatic carbocycles. The van der Waals surface area contributed by atoms with Crippen molar-refractivity contribution in [3.8, 4) is 10.6 Å². The molecule has 1 atom stereocenters. The quantitative estimate of drug-likeness (QED) is 0.285. The van der Waals surface area contributed by atoms with Crippen LogP contribution >= 0.6 is 11.3 Å². The molecule has 0 aliphatic rings. The van der Waals surface area contributed by atoms with Gasteiger partial charge in [0.05, 0.1) is 23.4 Å². The first kappa shape index (κ1) is 26.3. The summed E-state index contributed by atoms with van der Waals surface area (Å²) in [5.41, 5.74) is 4.01. The van der Waals surface area contributed by atoms with Crippen molar-refractivity contribution in [2.45, 2.75) is 45.9 Å². The second-order valence-corrected chi connectivity index (χ2v) is 10.8. The Morgan fingerprint density at radius 2 is 1.73 bits per heavy atom. The molecule has 0 spiro atoms. The van der Waals surface area contributed by atoms with Gasteiger partial charge in [-0.3, -0.25) is 4.79 Å². The molecule has 8 heteroatoms. The Balaban J connectivity index is 1.42. The van der Waals surface area contributed by atoms with Crippen LogP contribution in [0.1, 0.15) is 31.9 Å². The highest BCUT2D eigenvalue weighted by Crippen LogP contribution is 2.31. The van der Waals surface area contributed by atoms with Gasteiger partial charge in [-0.05, 0) is 75.2 Å². The summed E-state index contributed by atoms with van der Waals surface area (Å²) in [7, 11) is 0. The number of aromatic nitrogens is 1. The Morgan fingerprint density at radius 3 is 2.43 bits per heavy atom. The average molecular weight is 518 g/mol. The van der Waals surface area contributed by atoms with Gasteiger partial charge in [0.25, 0.3) is 0 Å². The number of fused-ring (bicyclic) bond motifs is 1. The number of nitrogens with one attached hydrogen (secondary N) is 2. The molecule has 0 radical (unpaired) electrons. The van der Waals surface area contributed by atoms with Gasteiger partial charge in [0.15, 0.2) is 0 Å². The number of rotatable bonds is 8. The number of thiazole rings is 1. The number of hydrogen-bond donors (Lipinski definition) is 2. The van der Waals surface area contributed by atoms with Gasteiger partial charge >= 0.3 is 6.09 Å². The molecule has 192 valence electrons. The lowest BCUT2D eigenvalue weighted by atomic mass is 10.2. The van der Waals surface area contributed by atoms with E-state index in [1.807, 2.05) is 60.7 Å². The summed E-state index contributed by atoms with van der Waals surface area (Å²) in [6.07, 6.45) is -0.683. The highest BCUT2D eigenvalue weighted by molar-refractivity contribution is 7.21. The van der Waals surface area contributed by atoms with E-state index in [0.717, 1.165) is 26.4 Å². The van der Waals surface area contributed by atoms with Crippen LogP contribution in [-0.4, -0.2) is 35.2 Å². The molecule has 2 N–H and O–H groups in total. The molecule has 2 amide bonds. The number of alkyl carbamates (subject to hydrolysis) is 1. The maximum Gasteiger partial charge on any atom is 0.408 e. The third-order valence-corrected chi connectivity index (χ3v) is 6.41. The number of amides is 2. The smallest absolute Gasteiger partial charge is 0.408 e. The molecule has 37 heavy (non-hydrogen) atoms. The predicted molar refractivity (Wildman–Crippen MR) is 148 cm³/mol. The number of carbonyl (C=O) groups is 2. The summed E-state index contributed by atoms with van der Waals surface area (Å²) in [4.78, 5) is 30.2. The van der Waals surface area contributed by atoms with E-state index in [9.17, 15) is 9.59 Å². The lowest BCUT2D eigenvalue weighted by Gasteiger charge is -2.23. The van der Waals surface area contributed by atoms with Crippen molar-refractivity contribution in [3.05, 3.63) is 83.9 Å². The number of aryl methyl sites for hydroxylation is 1.